The number of aromatic amines is 1. The summed E-state index contributed by atoms with van der Waals surface area (Å²) in [6.07, 6.45) is 7.43. The molecule has 1 aromatic carbocycles. The number of fused-ring (bicyclic) bond motifs is 3. The molecule has 1 amide bonds. The van der Waals surface area contributed by atoms with Crippen LogP contribution in [0.2, 0.25) is 0 Å². The number of carbonyl (C=O) groups excluding carboxylic acids is 1. The van der Waals surface area contributed by atoms with Crippen LogP contribution in [0.15, 0.2) is 58.7 Å². The number of aromatic nitrogens is 4. The highest BCUT2D eigenvalue weighted by Crippen LogP contribution is 2.37. The van der Waals surface area contributed by atoms with Crippen LogP contribution in [0.1, 0.15) is 51.3 Å². The molecule has 160 valence electrons. The number of anilines is 1. The van der Waals surface area contributed by atoms with Crippen LogP contribution in [0.4, 0.5) is 5.69 Å². The Morgan fingerprint density at radius 2 is 1.94 bits per heavy atom. The number of para-hydroxylation sites is 1. The van der Waals surface area contributed by atoms with E-state index in [9.17, 15) is 9.59 Å². The van der Waals surface area contributed by atoms with Crippen LogP contribution < -0.4 is 15.1 Å². The predicted molar refractivity (Wildman–Crippen MR) is 121 cm³/mol. The average Bonchev–Trinajstić information content (AvgIpc) is 2.78. The predicted octanol–water partition coefficient (Wildman–Crippen LogP) is 3.71. The minimum absolute atomic E-state index is 0.122. The third kappa shape index (κ3) is 4.25. The third-order valence-corrected chi connectivity index (χ3v) is 6.29. The first-order valence-electron chi connectivity index (χ1n) is 10.6. The third-order valence-electron chi connectivity index (χ3n) is 5.34. The van der Waals surface area contributed by atoms with Crippen molar-refractivity contribution in [2.45, 2.75) is 50.9 Å². The summed E-state index contributed by atoms with van der Waals surface area (Å²) in [5, 5.41) is 5.35. The summed E-state index contributed by atoms with van der Waals surface area (Å²) in [7, 11) is 0. The number of nitrogens with zero attached hydrogens (tertiary/aromatic N) is 4. The molecule has 0 radical (unpaired) electrons. The van der Waals surface area contributed by atoms with Gasteiger partial charge in [0, 0.05) is 35.7 Å². The van der Waals surface area contributed by atoms with E-state index in [1.807, 2.05) is 36.4 Å². The van der Waals surface area contributed by atoms with Gasteiger partial charge in [-0.3, -0.25) is 19.6 Å². The van der Waals surface area contributed by atoms with Crippen molar-refractivity contribution in [3.63, 3.8) is 0 Å². The number of thioether (sulfide) groups is 1. The largest absolute Gasteiger partial charge is 0.325 e. The van der Waals surface area contributed by atoms with E-state index in [2.05, 4.69) is 16.9 Å². The number of hydrogen-bond donors (Lipinski definition) is 1. The normalized spacial score (nSPS) is 14.8. The first-order valence-corrected chi connectivity index (χ1v) is 11.6. The van der Waals surface area contributed by atoms with E-state index in [0.29, 0.717) is 22.1 Å². The molecular formula is C23H26N5O2S+. The molecule has 0 saturated heterocycles. The summed E-state index contributed by atoms with van der Waals surface area (Å²) in [4.78, 5) is 34.7. The Labute approximate surface area is 185 Å². The number of hydrogen-bond acceptors (Lipinski definition) is 5. The second-order valence-electron chi connectivity index (χ2n) is 7.52. The molecule has 2 aromatic heterocycles. The fourth-order valence-electron chi connectivity index (χ4n) is 3.91. The van der Waals surface area contributed by atoms with Crippen molar-refractivity contribution in [1.82, 2.24) is 15.1 Å². The molecule has 3 heterocycles. The molecule has 0 unspecified atom stereocenters. The summed E-state index contributed by atoms with van der Waals surface area (Å²) >= 11 is 1.54. The molecule has 31 heavy (non-hydrogen) atoms. The van der Waals surface area contributed by atoms with Gasteiger partial charge in [-0.15, -0.1) is 0 Å². The van der Waals surface area contributed by atoms with Gasteiger partial charge in [0.2, 0.25) is 11.1 Å². The number of rotatable bonds is 7. The van der Waals surface area contributed by atoms with Crippen LogP contribution in [0.25, 0.3) is 11.3 Å². The van der Waals surface area contributed by atoms with E-state index in [1.54, 1.807) is 33.7 Å². The Morgan fingerprint density at radius 3 is 2.68 bits per heavy atom. The number of carbonyl (C=O) groups is 1. The number of pyridine rings is 1. The van der Waals surface area contributed by atoms with E-state index in [0.717, 1.165) is 24.2 Å². The van der Waals surface area contributed by atoms with Crippen LogP contribution >= 0.6 is 11.8 Å². The number of nitrogens with one attached hydrogen (secondary N) is 1. The van der Waals surface area contributed by atoms with Crippen molar-refractivity contribution in [3.8, 4) is 11.3 Å². The molecule has 0 fully saturated rings. The van der Waals surface area contributed by atoms with E-state index >= 15 is 0 Å². The summed E-state index contributed by atoms with van der Waals surface area (Å²) in [6, 6.07) is 11.2. The van der Waals surface area contributed by atoms with Crippen LogP contribution in [-0.2, 0) is 4.79 Å². The zero-order valence-electron chi connectivity index (χ0n) is 17.7. The minimum Gasteiger partial charge on any atom is -0.291 e. The maximum Gasteiger partial charge on any atom is 0.325 e. The van der Waals surface area contributed by atoms with Gasteiger partial charge in [0.1, 0.15) is 0 Å². The summed E-state index contributed by atoms with van der Waals surface area (Å²) in [5.41, 5.74) is 2.47. The highest BCUT2D eigenvalue weighted by atomic mass is 32.2. The van der Waals surface area contributed by atoms with E-state index in [4.69, 9.17) is 5.10 Å². The Hall–Kier alpha value is -3.00. The molecule has 1 aliphatic rings. The Kier molecular flexibility index (Phi) is 6.46. The number of amides is 1. The van der Waals surface area contributed by atoms with E-state index in [1.165, 1.54) is 19.8 Å². The molecule has 1 N–H and O–H groups in total. The first kappa shape index (κ1) is 21.2. The van der Waals surface area contributed by atoms with Crippen molar-refractivity contribution in [1.29, 1.82) is 0 Å². The average molecular weight is 437 g/mol. The van der Waals surface area contributed by atoms with Crippen LogP contribution in [0, 0.1) is 0 Å². The van der Waals surface area contributed by atoms with Gasteiger partial charge in [-0.2, -0.15) is 0 Å². The Bertz CT molecular complexity index is 1130. The Balaban J connectivity index is 1.83. The van der Waals surface area contributed by atoms with Crippen molar-refractivity contribution in [2.75, 3.05) is 10.7 Å². The summed E-state index contributed by atoms with van der Waals surface area (Å²) in [6.45, 7) is 3.72. The molecule has 7 nitrogen and oxygen atoms in total. The summed E-state index contributed by atoms with van der Waals surface area (Å²) < 4.78 is 1.69. The van der Waals surface area contributed by atoms with Crippen LogP contribution in [-0.4, -0.2) is 26.7 Å². The molecule has 1 aliphatic heterocycles. The monoisotopic (exact) mass is 436 g/mol. The lowest BCUT2D eigenvalue weighted by Crippen LogP contribution is -2.60. The quantitative estimate of drug-likeness (QED) is 0.347. The van der Waals surface area contributed by atoms with Crippen molar-refractivity contribution >= 4 is 23.4 Å². The van der Waals surface area contributed by atoms with Gasteiger partial charge in [-0.1, -0.05) is 50.1 Å². The smallest absolute Gasteiger partial charge is 0.291 e. The van der Waals surface area contributed by atoms with Gasteiger partial charge in [0.25, 0.3) is 6.17 Å². The first-order chi connectivity index (χ1) is 15.1. The maximum absolute atomic E-state index is 13.2. The molecule has 8 heteroatoms. The lowest BCUT2D eigenvalue weighted by Gasteiger charge is -2.31. The van der Waals surface area contributed by atoms with E-state index in [-0.39, 0.29) is 11.5 Å². The van der Waals surface area contributed by atoms with E-state index < -0.39 is 6.17 Å². The van der Waals surface area contributed by atoms with Crippen molar-refractivity contribution < 1.29 is 9.48 Å². The maximum atomic E-state index is 13.2. The van der Waals surface area contributed by atoms with Gasteiger partial charge in [-0.25, -0.2) is 4.90 Å². The molecule has 3 aromatic rings. The SMILES string of the molecule is CCCCCCSc1n[n+]2c(c(=O)[nH]1)-c1ccccc1N(C(C)=O)[C@H]2c1ccncc1. The topological polar surface area (TPSA) is 82.8 Å². The zero-order chi connectivity index (χ0) is 21.8. The fourth-order valence-corrected chi connectivity index (χ4v) is 4.76. The van der Waals surface area contributed by atoms with Gasteiger partial charge in [-0.05, 0) is 35.4 Å². The standard InChI is InChI=1S/C23H25N5O2S/c1-3-4-5-8-15-31-23-25-21(30)20-18-9-6-7-10-19(18)27(16(2)29)22(28(20)26-23)17-11-13-24-14-12-17/h6-7,9-14,22H,3-5,8,15H2,1-2H3/p+1/t22-/m1/s1. The van der Waals surface area contributed by atoms with Gasteiger partial charge in [0.05, 0.1) is 11.3 Å². The molecule has 0 aliphatic carbocycles. The molecular weight excluding hydrogens is 410 g/mol. The molecule has 0 bridgehead atoms. The minimum atomic E-state index is -0.563. The van der Waals surface area contributed by atoms with Crippen LogP contribution in [0.3, 0.4) is 0 Å². The second kappa shape index (κ2) is 9.43. The lowest BCUT2D eigenvalue weighted by atomic mass is 10.0. The lowest BCUT2D eigenvalue weighted by molar-refractivity contribution is -0.763. The second-order valence-corrected chi connectivity index (χ2v) is 8.61. The highest BCUT2D eigenvalue weighted by Gasteiger charge is 2.44. The summed E-state index contributed by atoms with van der Waals surface area (Å²) in [5.74, 6) is 0.762. The molecule has 4 rings (SSSR count). The Morgan fingerprint density at radius 1 is 1.16 bits per heavy atom. The van der Waals surface area contributed by atoms with Gasteiger partial charge in [0.15, 0.2) is 0 Å². The fraction of sp³-hybridized carbons (Fsp3) is 0.348. The van der Waals surface area contributed by atoms with Gasteiger partial charge < -0.3 is 0 Å². The zero-order valence-corrected chi connectivity index (χ0v) is 18.6. The van der Waals surface area contributed by atoms with Crippen molar-refractivity contribution in [3.05, 3.63) is 64.7 Å². The number of H-pyrrole nitrogens is 1. The molecule has 0 saturated carbocycles. The van der Waals surface area contributed by atoms with Gasteiger partial charge >= 0.3 is 11.3 Å². The number of benzene rings is 1. The molecule has 0 spiro atoms. The van der Waals surface area contributed by atoms with Crippen molar-refractivity contribution in [2.24, 2.45) is 0 Å². The highest BCUT2D eigenvalue weighted by molar-refractivity contribution is 7.99. The molecule has 1 atom stereocenters. The van der Waals surface area contributed by atoms with Crippen LogP contribution in [0.5, 0.6) is 0 Å². The number of unbranched alkanes of at least 4 members (excludes halogenated alkanes) is 3.